The molecule has 1 aliphatic rings. The van der Waals surface area contributed by atoms with E-state index in [1.165, 1.54) is 11.9 Å². The molecule has 0 unspecified atom stereocenters. The highest BCUT2D eigenvalue weighted by atomic mass is 16.5. The minimum Gasteiger partial charge on any atom is -0.303 e. The fourth-order valence-electron chi connectivity index (χ4n) is 2.83. The normalized spacial score (nSPS) is 17.4. The number of likely N-dealkylation sites (N-methyl/N-ethyl adjacent to an activating group) is 1. The second kappa shape index (κ2) is 4.71. The number of rotatable bonds is 2. The summed E-state index contributed by atoms with van der Waals surface area (Å²) in [6, 6.07) is 17.2. The molecule has 3 amide bonds. The van der Waals surface area contributed by atoms with Gasteiger partial charge in [-0.05, 0) is 11.1 Å². The van der Waals surface area contributed by atoms with Crippen LogP contribution in [-0.4, -0.2) is 34.2 Å². The van der Waals surface area contributed by atoms with E-state index in [-0.39, 0.29) is 5.06 Å². The summed E-state index contributed by atoms with van der Waals surface area (Å²) < 4.78 is 0. The van der Waals surface area contributed by atoms with Crippen molar-refractivity contribution < 1.29 is 14.8 Å². The molecule has 0 saturated carbocycles. The van der Waals surface area contributed by atoms with Crippen molar-refractivity contribution in [2.45, 2.75) is 5.54 Å². The number of hydrogen-bond acceptors (Lipinski definition) is 3. The highest BCUT2D eigenvalue weighted by Gasteiger charge is 2.58. The molecular formula is C16H14N2O3. The summed E-state index contributed by atoms with van der Waals surface area (Å²) in [5.41, 5.74) is -0.0730. The summed E-state index contributed by atoms with van der Waals surface area (Å²) in [5, 5.41) is 9.97. The van der Waals surface area contributed by atoms with Crippen LogP contribution in [0.15, 0.2) is 60.7 Å². The molecule has 0 aromatic heterocycles. The first-order valence-corrected chi connectivity index (χ1v) is 6.52. The van der Waals surface area contributed by atoms with Crippen molar-refractivity contribution in [1.82, 2.24) is 9.96 Å². The molecule has 0 atom stereocenters. The van der Waals surface area contributed by atoms with Crippen LogP contribution >= 0.6 is 0 Å². The highest BCUT2D eigenvalue weighted by molar-refractivity contribution is 6.08. The monoisotopic (exact) mass is 282 g/mol. The van der Waals surface area contributed by atoms with Gasteiger partial charge in [0.05, 0.1) is 0 Å². The summed E-state index contributed by atoms with van der Waals surface area (Å²) in [4.78, 5) is 26.0. The number of benzene rings is 2. The van der Waals surface area contributed by atoms with Crippen LogP contribution < -0.4 is 0 Å². The van der Waals surface area contributed by atoms with Crippen molar-refractivity contribution in [2.24, 2.45) is 0 Å². The predicted octanol–water partition coefficient (Wildman–Crippen LogP) is 2.21. The number of hydrogen-bond donors (Lipinski definition) is 1. The molecule has 1 saturated heterocycles. The van der Waals surface area contributed by atoms with Crippen LogP contribution in [0.2, 0.25) is 0 Å². The first-order valence-electron chi connectivity index (χ1n) is 6.52. The van der Waals surface area contributed by atoms with Crippen LogP contribution in [0.1, 0.15) is 11.1 Å². The smallest absolute Gasteiger partial charge is 0.303 e. The summed E-state index contributed by atoms with van der Waals surface area (Å²) in [7, 11) is 1.51. The van der Waals surface area contributed by atoms with E-state index >= 15 is 0 Å². The van der Waals surface area contributed by atoms with Gasteiger partial charge < -0.3 is 4.90 Å². The van der Waals surface area contributed by atoms with Gasteiger partial charge in [-0.2, -0.15) is 0 Å². The van der Waals surface area contributed by atoms with Gasteiger partial charge in [-0.1, -0.05) is 60.7 Å². The molecule has 106 valence electrons. The van der Waals surface area contributed by atoms with Gasteiger partial charge in [-0.25, -0.2) is 4.79 Å². The van der Waals surface area contributed by atoms with E-state index in [4.69, 9.17) is 0 Å². The summed E-state index contributed by atoms with van der Waals surface area (Å²) in [6.07, 6.45) is 0. The van der Waals surface area contributed by atoms with Crippen LogP contribution in [0.3, 0.4) is 0 Å². The van der Waals surface area contributed by atoms with Crippen LogP contribution in [0, 0.1) is 0 Å². The number of hydroxylamine groups is 2. The second-order valence-electron chi connectivity index (χ2n) is 4.90. The molecule has 0 radical (unpaired) electrons. The molecular weight excluding hydrogens is 268 g/mol. The first kappa shape index (κ1) is 13.3. The second-order valence-corrected chi connectivity index (χ2v) is 4.90. The number of imide groups is 1. The Morgan fingerprint density at radius 1 is 0.857 bits per heavy atom. The van der Waals surface area contributed by atoms with E-state index in [0.29, 0.717) is 11.1 Å². The zero-order valence-corrected chi connectivity index (χ0v) is 11.4. The Labute approximate surface area is 122 Å². The molecule has 2 aromatic rings. The van der Waals surface area contributed by atoms with E-state index in [0.717, 1.165) is 0 Å². The van der Waals surface area contributed by atoms with E-state index in [1.54, 1.807) is 48.5 Å². The number of carbonyl (C=O) groups is 2. The highest BCUT2D eigenvalue weighted by Crippen LogP contribution is 2.41. The molecule has 0 aliphatic carbocycles. The molecule has 21 heavy (non-hydrogen) atoms. The maximum Gasteiger partial charge on any atom is 0.352 e. The minimum atomic E-state index is -1.34. The summed E-state index contributed by atoms with van der Waals surface area (Å²) in [6.45, 7) is 0. The van der Waals surface area contributed by atoms with Crippen molar-refractivity contribution in [3.05, 3.63) is 71.8 Å². The third-order valence-corrected chi connectivity index (χ3v) is 3.86. The molecule has 1 aliphatic heterocycles. The number of carbonyl (C=O) groups excluding carboxylic acids is 2. The lowest BCUT2D eigenvalue weighted by Crippen LogP contribution is -2.45. The van der Waals surface area contributed by atoms with Gasteiger partial charge in [0.2, 0.25) is 0 Å². The van der Waals surface area contributed by atoms with Gasteiger partial charge in [-0.3, -0.25) is 10.0 Å². The molecule has 5 nitrogen and oxygen atoms in total. The van der Waals surface area contributed by atoms with Gasteiger partial charge in [0, 0.05) is 7.05 Å². The Morgan fingerprint density at radius 2 is 1.29 bits per heavy atom. The standard InChI is InChI=1S/C16H14N2O3/c1-17-15(20)18(21)14(19)16(17,12-8-4-2-5-9-12)13-10-6-3-7-11-13/h2-11,21H,1H3. The van der Waals surface area contributed by atoms with E-state index in [2.05, 4.69) is 0 Å². The summed E-state index contributed by atoms with van der Waals surface area (Å²) >= 11 is 0. The van der Waals surface area contributed by atoms with Crippen LogP contribution in [0.4, 0.5) is 4.79 Å². The van der Waals surface area contributed by atoms with E-state index in [9.17, 15) is 14.8 Å². The van der Waals surface area contributed by atoms with Crippen molar-refractivity contribution >= 4 is 11.9 Å². The van der Waals surface area contributed by atoms with Crippen molar-refractivity contribution in [1.29, 1.82) is 0 Å². The quantitative estimate of drug-likeness (QED) is 0.678. The average molecular weight is 282 g/mol. The number of amides is 3. The Bertz CT molecular complexity index is 646. The predicted molar refractivity (Wildman–Crippen MR) is 75.5 cm³/mol. The van der Waals surface area contributed by atoms with Gasteiger partial charge in [0.1, 0.15) is 0 Å². The molecule has 2 aromatic carbocycles. The molecule has 0 bridgehead atoms. The average Bonchev–Trinajstić information content (AvgIpc) is 2.71. The van der Waals surface area contributed by atoms with Crippen LogP contribution in [0.25, 0.3) is 0 Å². The van der Waals surface area contributed by atoms with E-state index < -0.39 is 17.5 Å². The first-order chi connectivity index (χ1) is 10.1. The number of urea groups is 1. The Morgan fingerprint density at radius 3 is 1.62 bits per heavy atom. The van der Waals surface area contributed by atoms with E-state index in [1.807, 2.05) is 12.1 Å². The molecule has 5 heteroatoms. The molecule has 1 fully saturated rings. The maximum absolute atomic E-state index is 12.7. The fraction of sp³-hybridized carbons (Fsp3) is 0.125. The minimum absolute atomic E-state index is 0.181. The van der Waals surface area contributed by atoms with Crippen molar-refractivity contribution in [2.75, 3.05) is 7.05 Å². The van der Waals surface area contributed by atoms with Crippen molar-refractivity contribution in [3.63, 3.8) is 0 Å². The largest absolute Gasteiger partial charge is 0.352 e. The molecule has 1 heterocycles. The molecule has 3 rings (SSSR count). The lowest BCUT2D eigenvalue weighted by atomic mass is 9.82. The Hall–Kier alpha value is -2.66. The van der Waals surface area contributed by atoms with Crippen LogP contribution in [0.5, 0.6) is 0 Å². The zero-order chi connectivity index (χ0) is 15.0. The number of nitrogens with zero attached hydrogens (tertiary/aromatic N) is 2. The zero-order valence-electron chi connectivity index (χ0n) is 11.4. The third-order valence-electron chi connectivity index (χ3n) is 3.86. The summed E-state index contributed by atoms with van der Waals surface area (Å²) in [5.74, 6) is -0.674. The fourth-order valence-corrected chi connectivity index (χ4v) is 2.83. The molecule has 0 spiro atoms. The Balaban J connectivity index is 2.32. The van der Waals surface area contributed by atoms with Gasteiger partial charge in [0.25, 0.3) is 5.91 Å². The van der Waals surface area contributed by atoms with Gasteiger partial charge in [0.15, 0.2) is 5.54 Å². The lowest BCUT2D eigenvalue weighted by Gasteiger charge is -2.33. The third kappa shape index (κ3) is 1.68. The topological polar surface area (TPSA) is 60.9 Å². The Kier molecular flexibility index (Phi) is 2.99. The SMILES string of the molecule is CN1C(=O)N(O)C(=O)C1(c1ccccc1)c1ccccc1. The maximum atomic E-state index is 12.7. The van der Waals surface area contributed by atoms with Gasteiger partial charge >= 0.3 is 6.03 Å². The lowest BCUT2D eigenvalue weighted by molar-refractivity contribution is -0.152. The van der Waals surface area contributed by atoms with Crippen LogP contribution in [-0.2, 0) is 10.3 Å². The molecule has 1 N–H and O–H groups in total. The van der Waals surface area contributed by atoms with Crippen molar-refractivity contribution in [3.8, 4) is 0 Å². The van der Waals surface area contributed by atoms with Gasteiger partial charge in [-0.15, -0.1) is 5.06 Å².